The van der Waals surface area contributed by atoms with Crippen molar-refractivity contribution in [1.29, 1.82) is 0 Å². The lowest BCUT2D eigenvalue weighted by atomic mass is 9.74. The van der Waals surface area contributed by atoms with Crippen LogP contribution >= 0.6 is 31.9 Å². The van der Waals surface area contributed by atoms with Crippen LogP contribution in [0.15, 0.2) is 21.1 Å². The first-order chi connectivity index (χ1) is 9.81. The fourth-order valence-corrected chi connectivity index (χ4v) is 4.52. The number of fused-ring (bicyclic) bond motifs is 2. The topological polar surface area (TPSA) is 50.2 Å². The second-order valence-corrected chi connectivity index (χ2v) is 7.91. The van der Waals surface area contributed by atoms with Gasteiger partial charge in [-0.05, 0) is 52.9 Å². The predicted octanol–water partition coefficient (Wildman–Crippen LogP) is 5.07. The zero-order valence-electron chi connectivity index (χ0n) is 11.8. The van der Waals surface area contributed by atoms with Gasteiger partial charge in [0, 0.05) is 19.7 Å². The lowest BCUT2D eigenvalue weighted by molar-refractivity contribution is 0.0697. The molecule has 3 rings (SSSR count). The van der Waals surface area contributed by atoms with Crippen LogP contribution in [0.4, 0.5) is 0 Å². The number of hydrogen-bond acceptors (Lipinski definition) is 2. The summed E-state index contributed by atoms with van der Waals surface area (Å²) >= 11 is 6.95. The Morgan fingerprint density at radius 1 is 1.33 bits per heavy atom. The van der Waals surface area contributed by atoms with Crippen LogP contribution in [0.3, 0.4) is 0 Å². The van der Waals surface area contributed by atoms with Crippen molar-refractivity contribution in [3.8, 4) is 0 Å². The Hall–Kier alpha value is -0.940. The van der Waals surface area contributed by atoms with Crippen molar-refractivity contribution in [3.05, 3.63) is 37.9 Å². The van der Waals surface area contributed by atoms with Crippen molar-refractivity contribution in [3.63, 3.8) is 0 Å². The molecular formula is C16H15Br2NO2. The molecule has 0 unspecified atom stereocenters. The maximum absolute atomic E-state index is 11.9. The van der Waals surface area contributed by atoms with Gasteiger partial charge in [-0.15, -0.1) is 0 Å². The first-order valence-corrected chi connectivity index (χ1v) is 8.45. The third-order valence-corrected chi connectivity index (χ3v) is 5.25. The highest BCUT2D eigenvalue weighted by Crippen LogP contribution is 2.41. The highest BCUT2D eigenvalue weighted by atomic mass is 79.9. The molecule has 1 aromatic carbocycles. The molecule has 0 fully saturated rings. The summed E-state index contributed by atoms with van der Waals surface area (Å²) < 4.78 is 1.67. The molecule has 5 heteroatoms. The van der Waals surface area contributed by atoms with E-state index in [0.29, 0.717) is 10.9 Å². The number of pyridine rings is 1. The normalized spacial score (nSPS) is 16.8. The molecule has 0 saturated heterocycles. The summed E-state index contributed by atoms with van der Waals surface area (Å²) in [4.78, 5) is 16.7. The number of carboxylic acids is 1. The quantitative estimate of drug-likeness (QED) is 0.711. The third kappa shape index (κ3) is 2.40. The van der Waals surface area contributed by atoms with Gasteiger partial charge in [-0.2, -0.15) is 0 Å². The number of halogens is 2. The van der Waals surface area contributed by atoms with Crippen molar-refractivity contribution in [2.24, 2.45) is 0 Å². The molecule has 1 aliphatic rings. The summed E-state index contributed by atoms with van der Waals surface area (Å²) in [6.07, 6.45) is 2.82. The van der Waals surface area contributed by atoms with E-state index in [1.807, 2.05) is 12.1 Å². The van der Waals surface area contributed by atoms with Crippen LogP contribution in [-0.4, -0.2) is 16.1 Å². The summed E-state index contributed by atoms with van der Waals surface area (Å²) in [6.45, 7) is 4.28. The molecule has 0 saturated carbocycles. The van der Waals surface area contributed by atoms with Crippen LogP contribution in [0.2, 0.25) is 0 Å². The Morgan fingerprint density at radius 2 is 2.05 bits per heavy atom. The van der Waals surface area contributed by atoms with E-state index in [4.69, 9.17) is 4.98 Å². The lowest BCUT2D eigenvalue weighted by Crippen LogP contribution is -2.27. The highest BCUT2D eigenvalue weighted by molar-refractivity contribution is 9.11. The summed E-state index contributed by atoms with van der Waals surface area (Å²) in [5, 5.41) is 10.4. The Morgan fingerprint density at radius 3 is 2.71 bits per heavy atom. The molecule has 3 nitrogen and oxygen atoms in total. The molecular weight excluding hydrogens is 398 g/mol. The van der Waals surface area contributed by atoms with E-state index in [2.05, 4.69) is 45.7 Å². The smallest absolute Gasteiger partial charge is 0.336 e. The minimum atomic E-state index is -0.874. The number of aromatic nitrogens is 1. The molecule has 1 N–H and O–H groups in total. The Labute approximate surface area is 140 Å². The second kappa shape index (κ2) is 5.06. The van der Waals surface area contributed by atoms with Crippen molar-refractivity contribution in [1.82, 2.24) is 4.98 Å². The van der Waals surface area contributed by atoms with Gasteiger partial charge < -0.3 is 5.11 Å². The molecule has 0 spiro atoms. The average Bonchev–Trinajstić information content (AvgIpc) is 2.35. The van der Waals surface area contributed by atoms with E-state index in [1.165, 1.54) is 0 Å². The summed E-state index contributed by atoms with van der Waals surface area (Å²) in [7, 11) is 0. The Kier molecular flexibility index (Phi) is 3.61. The van der Waals surface area contributed by atoms with E-state index < -0.39 is 5.97 Å². The molecule has 0 radical (unpaired) electrons. The SMILES string of the molecule is CC1(C)CCCc2c1nc1c(Br)cc(Br)cc1c2C(=O)O. The van der Waals surface area contributed by atoms with Crippen LogP contribution < -0.4 is 0 Å². The van der Waals surface area contributed by atoms with Gasteiger partial charge in [-0.1, -0.05) is 29.8 Å². The standard InChI is InChI=1S/C16H15Br2NO2/c1-16(2)5-3-4-9-12(15(20)21)10-6-8(17)7-11(18)13(10)19-14(9)16/h6-7H,3-5H2,1-2H3,(H,20,21). The minimum Gasteiger partial charge on any atom is -0.478 e. The zero-order chi connectivity index (χ0) is 15.4. The van der Waals surface area contributed by atoms with Gasteiger partial charge in [0.05, 0.1) is 16.8 Å². The van der Waals surface area contributed by atoms with Crippen molar-refractivity contribution < 1.29 is 9.90 Å². The Bertz CT molecular complexity index is 769. The monoisotopic (exact) mass is 411 g/mol. The summed E-state index contributed by atoms with van der Waals surface area (Å²) in [5.74, 6) is -0.874. The number of hydrogen-bond donors (Lipinski definition) is 1. The molecule has 110 valence electrons. The summed E-state index contributed by atoms with van der Waals surface area (Å²) in [6, 6.07) is 3.75. The fourth-order valence-electron chi connectivity index (χ4n) is 3.20. The van der Waals surface area contributed by atoms with E-state index in [-0.39, 0.29) is 5.41 Å². The number of carboxylic acid groups (broad SMARTS) is 1. The number of aromatic carboxylic acids is 1. The molecule has 0 bridgehead atoms. The molecule has 1 heterocycles. The van der Waals surface area contributed by atoms with E-state index >= 15 is 0 Å². The van der Waals surface area contributed by atoms with Crippen molar-refractivity contribution in [2.75, 3.05) is 0 Å². The highest BCUT2D eigenvalue weighted by Gasteiger charge is 2.33. The molecule has 21 heavy (non-hydrogen) atoms. The van der Waals surface area contributed by atoms with Crippen LogP contribution in [0.25, 0.3) is 10.9 Å². The fraction of sp³-hybridized carbons (Fsp3) is 0.375. The van der Waals surface area contributed by atoms with Gasteiger partial charge in [0.1, 0.15) is 0 Å². The first kappa shape index (κ1) is 15.0. The molecule has 0 atom stereocenters. The molecule has 0 amide bonds. The maximum atomic E-state index is 11.9. The maximum Gasteiger partial charge on any atom is 0.336 e. The van der Waals surface area contributed by atoms with E-state index in [9.17, 15) is 9.90 Å². The number of carbonyl (C=O) groups is 1. The van der Waals surface area contributed by atoms with Crippen molar-refractivity contribution in [2.45, 2.75) is 38.5 Å². The van der Waals surface area contributed by atoms with Gasteiger partial charge in [-0.25, -0.2) is 4.79 Å². The number of nitrogens with zero attached hydrogens (tertiary/aromatic N) is 1. The summed E-state index contributed by atoms with van der Waals surface area (Å²) in [5.41, 5.74) is 2.88. The van der Waals surface area contributed by atoms with Crippen LogP contribution in [0.5, 0.6) is 0 Å². The lowest BCUT2D eigenvalue weighted by Gasteiger charge is -2.32. The Balaban J connectivity index is 2.50. The zero-order valence-corrected chi connectivity index (χ0v) is 15.0. The molecule has 1 aliphatic carbocycles. The van der Waals surface area contributed by atoms with E-state index in [0.717, 1.165) is 45.0 Å². The first-order valence-electron chi connectivity index (χ1n) is 6.86. The van der Waals surface area contributed by atoms with Crippen LogP contribution in [0.1, 0.15) is 48.3 Å². The van der Waals surface area contributed by atoms with Gasteiger partial charge in [0.2, 0.25) is 0 Å². The van der Waals surface area contributed by atoms with Gasteiger partial charge in [0.25, 0.3) is 0 Å². The minimum absolute atomic E-state index is 0.0848. The largest absolute Gasteiger partial charge is 0.478 e. The van der Waals surface area contributed by atoms with E-state index in [1.54, 1.807) is 0 Å². The van der Waals surface area contributed by atoms with Gasteiger partial charge >= 0.3 is 5.97 Å². The van der Waals surface area contributed by atoms with Crippen LogP contribution in [-0.2, 0) is 11.8 Å². The van der Waals surface area contributed by atoms with Crippen LogP contribution in [0, 0.1) is 0 Å². The van der Waals surface area contributed by atoms with Gasteiger partial charge in [-0.3, -0.25) is 4.98 Å². The third-order valence-electron chi connectivity index (χ3n) is 4.19. The average molecular weight is 413 g/mol. The number of benzene rings is 1. The molecule has 0 aliphatic heterocycles. The number of rotatable bonds is 1. The molecule has 2 aromatic rings. The molecule has 1 aromatic heterocycles. The van der Waals surface area contributed by atoms with Crippen molar-refractivity contribution >= 4 is 48.7 Å². The van der Waals surface area contributed by atoms with Gasteiger partial charge in [0.15, 0.2) is 0 Å². The second-order valence-electron chi connectivity index (χ2n) is 6.14. The predicted molar refractivity (Wildman–Crippen MR) is 90.1 cm³/mol.